The van der Waals surface area contributed by atoms with Gasteiger partial charge in [-0.25, -0.2) is 4.79 Å². The second-order valence-corrected chi connectivity index (χ2v) is 2.02. The third-order valence-corrected chi connectivity index (χ3v) is 1.10. The Morgan fingerprint density at radius 3 is 3.00 bits per heavy atom. The fourth-order valence-corrected chi connectivity index (χ4v) is 0.561. The van der Waals surface area contributed by atoms with E-state index in [9.17, 15) is 4.79 Å². The molecule has 9 heavy (non-hydrogen) atoms. The molecule has 52 valence electrons. The van der Waals surface area contributed by atoms with Crippen molar-refractivity contribution in [1.82, 2.24) is 10.3 Å². The van der Waals surface area contributed by atoms with E-state index < -0.39 is 6.03 Å². The molecule has 4 nitrogen and oxygen atoms in total. The molecule has 0 aliphatic carbocycles. The lowest BCUT2D eigenvalue weighted by molar-refractivity contribution is 0.248. The number of hydrogen-bond acceptors (Lipinski definition) is 3. The van der Waals surface area contributed by atoms with Gasteiger partial charge in [-0.15, -0.1) is 6.58 Å². The molecule has 0 saturated heterocycles. The molecule has 5 heteroatoms. The largest absolute Gasteiger partial charge is 0.351 e. The van der Waals surface area contributed by atoms with Gasteiger partial charge in [0.15, 0.2) is 0 Å². The SMILES string of the molecule is C=CCSNNC(N)=O. The zero-order chi connectivity index (χ0) is 7.11. The highest BCUT2D eigenvalue weighted by Gasteiger charge is 1.85. The van der Waals surface area contributed by atoms with Gasteiger partial charge in [-0.05, 0) is 0 Å². The van der Waals surface area contributed by atoms with E-state index in [4.69, 9.17) is 5.73 Å². The Morgan fingerprint density at radius 1 is 1.89 bits per heavy atom. The minimum absolute atomic E-state index is 0.591. The predicted molar refractivity (Wildman–Crippen MR) is 38.5 cm³/mol. The molecule has 0 aliphatic heterocycles. The third-order valence-electron chi connectivity index (χ3n) is 0.448. The van der Waals surface area contributed by atoms with Crippen LogP contribution in [0.15, 0.2) is 12.7 Å². The molecule has 0 saturated carbocycles. The van der Waals surface area contributed by atoms with Crippen LogP contribution >= 0.6 is 11.9 Å². The standard InChI is InChI=1S/C4H9N3OS/c1-2-3-9-7-6-4(5)8/h2,7H,1,3H2,(H3,5,6,8). The summed E-state index contributed by atoms with van der Waals surface area (Å²) in [6, 6.07) is -0.591. The molecule has 0 unspecified atom stereocenters. The molecule has 0 spiro atoms. The average molecular weight is 147 g/mol. The van der Waals surface area contributed by atoms with Gasteiger partial charge in [-0.2, -0.15) is 4.83 Å². The van der Waals surface area contributed by atoms with Gasteiger partial charge in [0, 0.05) is 5.75 Å². The summed E-state index contributed by atoms with van der Waals surface area (Å²) in [4.78, 5) is 12.5. The van der Waals surface area contributed by atoms with Crippen LogP contribution in [0.25, 0.3) is 0 Å². The molecular formula is C4H9N3OS. The van der Waals surface area contributed by atoms with Crippen LogP contribution < -0.4 is 16.0 Å². The van der Waals surface area contributed by atoms with Crippen LogP contribution in [-0.2, 0) is 0 Å². The number of primary amides is 1. The normalized spacial score (nSPS) is 8.44. The monoisotopic (exact) mass is 147 g/mol. The molecule has 0 aromatic carbocycles. The quantitative estimate of drug-likeness (QED) is 0.227. The zero-order valence-electron chi connectivity index (χ0n) is 4.89. The molecule has 0 atom stereocenters. The molecular weight excluding hydrogens is 138 g/mol. The van der Waals surface area contributed by atoms with Crippen LogP contribution in [0.3, 0.4) is 0 Å². The van der Waals surface area contributed by atoms with Crippen molar-refractivity contribution in [2.24, 2.45) is 5.73 Å². The highest BCUT2D eigenvalue weighted by Crippen LogP contribution is 1.87. The summed E-state index contributed by atoms with van der Waals surface area (Å²) >= 11 is 1.30. The van der Waals surface area contributed by atoms with E-state index in [1.54, 1.807) is 6.08 Å². The molecule has 0 aliphatic rings. The number of nitrogens with one attached hydrogen (secondary N) is 2. The number of rotatable bonds is 4. The van der Waals surface area contributed by atoms with Crippen LogP contribution in [0.1, 0.15) is 0 Å². The van der Waals surface area contributed by atoms with E-state index in [0.29, 0.717) is 0 Å². The number of nitrogens with two attached hydrogens (primary N) is 1. The first kappa shape index (κ1) is 8.32. The maximum atomic E-state index is 9.97. The van der Waals surface area contributed by atoms with Crippen molar-refractivity contribution >= 4 is 18.0 Å². The van der Waals surface area contributed by atoms with Crippen molar-refractivity contribution in [2.75, 3.05) is 5.75 Å². The number of carbonyl (C=O) groups is 1. The summed E-state index contributed by atoms with van der Waals surface area (Å²) in [6.45, 7) is 3.47. The Labute approximate surface area is 58.0 Å². The molecule has 0 heterocycles. The Hall–Kier alpha value is -0.680. The minimum Gasteiger partial charge on any atom is -0.351 e. The molecule has 0 aromatic rings. The van der Waals surface area contributed by atoms with Gasteiger partial charge >= 0.3 is 6.03 Å². The van der Waals surface area contributed by atoms with Gasteiger partial charge in [-0.1, -0.05) is 18.0 Å². The number of amides is 2. The van der Waals surface area contributed by atoms with E-state index in [-0.39, 0.29) is 0 Å². The summed E-state index contributed by atoms with van der Waals surface area (Å²) in [5, 5.41) is 0. The Bertz CT molecular complexity index is 106. The number of urea groups is 1. The third kappa shape index (κ3) is 7.32. The fraction of sp³-hybridized carbons (Fsp3) is 0.250. The summed E-state index contributed by atoms with van der Waals surface area (Å²) in [7, 11) is 0. The molecule has 0 radical (unpaired) electrons. The summed E-state index contributed by atoms with van der Waals surface area (Å²) < 4.78 is 0. The summed E-state index contributed by atoms with van der Waals surface area (Å²) in [5.41, 5.74) is 6.91. The van der Waals surface area contributed by atoms with Crippen molar-refractivity contribution in [3.8, 4) is 0 Å². The fourth-order valence-electron chi connectivity index (χ4n) is 0.187. The second kappa shape index (κ2) is 5.46. The molecule has 2 amide bonds. The molecule has 0 rings (SSSR count). The minimum atomic E-state index is -0.591. The van der Waals surface area contributed by atoms with Gasteiger partial charge in [-0.3, -0.25) is 5.43 Å². The van der Waals surface area contributed by atoms with Crippen LogP contribution in [-0.4, -0.2) is 11.8 Å². The van der Waals surface area contributed by atoms with Crippen molar-refractivity contribution < 1.29 is 4.79 Å². The number of hydrogen-bond donors (Lipinski definition) is 3. The van der Waals surface area contributed by atoms with E-state index >= 15 is 0 Å². The first-order chi connectivity index (χ1) is 4.27. The molecule has 0 bridgehead atoms. The van der Waals surface area contributed by atoms with Crippen LogP contribution in [0, 0.1) is 0 Å². The first-order valence-electron chi connectivity index (χ1n) is 2.30. The molecule has 4 N–H and O–H groups in total. The van der Waals surface area contributed by atoms with Crippen molar-refractivity contribution in [3.05, 3.63) is 12.7 Å². The highest BCUT2D eigenvalue weighted by molar-refractivity contribution is 7.97. The Kier molecular flexibility index (Phi) is 5.04. The van der Waals surface area contributed by atoms with E-state index in [1.165, 1.54) is 11.9 Å². The second-order valence-electron chi connectivity index (χ2n) is 1.19. The van der Waals surface area contributed by atoms with Crippen LogP contribution in [0.2, 0.25) is 0 Å². The lowest BCUT2D eigenvalue weighted by atomic mass is 10.8. The highest BCUT2D eigenvalue weighted by atomic mass is 32.2. The zero-order valence-corrected chi connectivity index (χ0v) is 5.70. The number of hydrazine groups is 1. The topological polar surface area (TPSA) is 67.2 Å². The molecule has 0 aromatic heterocycles. The van der Waals surface area contributed by atoms with Gasteiger partial charge < -0.3 is 5.73 Å². The van der Waals surface area contributed by atoms with Gasteiger partial charge in [0.1, 0.15) is 0 Å². The van der Waals surface area contributed by atoms with E-state index in [1.807, 2.05) is 0 Å². The first-order valence-corrected chi connectivity index (χ1v) is 3.29. The van der Waals surface area contributed by atoms with Crippen LogP contribution in [0.4, 0.5) is 4.79 Å². The summed E-state index contributed by atoms with van der Waals surface area (Å²) in [5.74, 6) is 0.722. The van der Waals surface area contributed by atoms with Gasteiger partial charge in [0.05, 0.1) is 0 Å². The smallest absolute Gasteiger partial charge is 0.327 e. The number of carbonyl (C=O) groups excluding carboxylic acids is 1. The van der Waals surface area contributed by atoms with E-state index in [0.717, 1.165) is 5.75 Å². The maximum Gasteiger partial charge on any atom is 0.327 e. The Balaban J connectivity index is 2.91. The summed E-state index contributed by atoms with van der Waals surface area (Å²) in [6.07, 6.45) is 1.71. The van der Waals surface area contributed by atoms with Gasteiger partial charge in [0.25, 0.3) is 0 Å². The van der Waals surface area contributed by atoms with Crippen LogP contribution in [0.5, 0.6) is 0 Å². The lowest BCUT2D eigenvalue weighted by Gasteiger charge is -1.98. The van der Waals surface area contributed by atoms with Gasteiger partial charge in [0.2, 0.25) is 0 Å². The Morgan fingerprint density at radius 2 is 2.56 bits per heavy atom. The van der Waals surface area contributed by atoms with Crippen molar-refractivity contribution in [3.63, 3.8) is 0 Å². The average Bonchev–Trinajstić information content (AvgIpc) is 1.80. The van der Waals surface area contributed by atoms with Crippen molar-refractivity contribution in [1.29, 1.82) is 0 Å². The lowest BCUT2D eigenvalue weighted by Crippen LogP contribution is -2.37. The van der Waals surface area contributed by atoms with E-state index in [2.05, 4.69) is 16.8 Å². The predicted octanol–water partition coefficient (Wildman–Crippen LogP) is -0.00650. The maximum absolute atomic E-state index is 9.97. The van der Waals surface area contributed by atoms with Crippen molar-refractivity contribution in [2.45, 2.75) is 0 Å². The molecule has 0 fully saturated rings.